The molecule has 29 heavy (non-hydrogen) atoms. The number of benzene rings is 2. The first kappa shape index (κ1) is 21.6. The first-order valence-electron chi connectivity index (χ1n) is 8.38. The quantitative estimate of drug-likeness (QED) is 0.647. The van der Waals surface area contributed by atoms with Crippen LogP contribution in [0.15, 0.2) is 45.8 Å². The van der Waals surface area contributed by atoms with Gasteiger partial charge in [-0.2, -0.15) is 13.2 Å². The summed E-state index contributed by atoms with van der Waals surface area (Å²) in [4.78, 5) is 9.98. The lowest BCUT2D eigenvalue weighted by molar-refractivity contribution is -0.140. The zero-order chi connectivity index (χ0) is 21.4. The Labute approximate surface area is 173 Å². The second-order valence-corrected chi connectivity index (χ2v) is 9.15. The van der Waals surface area contributed by atoms with Crippen LogP contribution in [0.25, 0.3) is 0 Å². The number of fused-ring (bicyclic) bond motifs is 1. The fourth-order valence-corrected chi connectivity index (χ4v) is 4.97. The Kier molecular flexibility index (Phi) is 5.93. The van der Waals surface area contributed by atoms with Gasteiger partial charge >= 0.3 is 6.18 Å². The van der Waals surface area contributed by atoms with Crippen molar-refractivity contribution in [1.29, 1.82) is 0 Å². The number of primary amides is 1. The van der Waals surface area contributed by atoms with E-state index in [-0.39, 0.29) is 17.5 Å². The van der Waals surface area contributed by atoms with Crippen LogP contribution in [0.1, 0.15) is 16.7 Å². The van der Waals surface area contributed by atoms with Crippen LogP contribution in [0, 0.1) is 0 Å². The lowest BCUT2D eigenvalue weighted by Gasteiger charge is -2.17. The summed E-state index contributed by atoms with van der Waals surface area (Å²) in [5.41, 5.74) is 5.42. The molecule has 0 bridgehead atoms. The van der Waals surface area contributed by atoms with E-state index in [2.05, 4.69) is 20.7 Å². The minimum absolute atomic E-state index is 0.125. The summed E-state index contributed by atoms with van der Waals surface area (Å²) in [6, 6.07) is 7.30. The number of hydrogen-bond acceptors (Lipinski definition) is 4. The zero-order valence-electron chi connectivity index (χ0n) is 14.8. The predicted molar refractivity (Wildman–Crippen MR) is 102 cm³/mol. The van der Waals surface area contributed by atoms with E-state index in [0.717, 1.165) is 23.3 Å². The molecule has 2 aromatic rings. The maximum atomic E-state index is 13.3. The Bertz CT molecular complexity index is 1060. The molecule has 0 aliphatic heterocycles. The van der Waals surface area contributed by atoms with Crippen LogP contribution in [-0.4, -0.2) is 27.0 Å². The Morgan fingerprint density at radius 3 is 2.52 bits per heavy atom. The molecule has 0 saturated heterocycles. The number of ether oxygens (including phenoxy) is 1. The average Bonchev–Trinajstić information content (AvgIpc) is 2.99. The van der Waals surface area contributed by atoms with Gasteiger partial charge in [0.15, 0.2) is 6.61 Å². The van der Waals surface area contributed by atoms with Gasteiger partial charge in [0.2, 0.25) is 10.0 Å². The summed E-state index contributed by atoms with van der Waals surface area (Å²) < 4.78 is 72.9. The summed E-state index contributed by atoms with van der Waals surface area (Å²) in [5, 5.41) is 0. The first-order valence-corrected chi connectivity index (χ1v) is 10.7. The summed E-state index contributed by atoms with van der Waals surface area (Å²) in [6.07, 6.45) is -4.22. The van der Waals surface area contributed by atoms with Crippen LogP contribution in [0.5, 0.6) is 5.75 Å². The minimum Gasteiger partial charge on any atom is -0.484 e. The van der Waals surface area contributed by atoms with Crippen molar-refractivity contribution in [3.63, 3.8) is 0 Å². The van der Waals surface area contributed by atoms with Crippen LogP contribution in [-0.2, 0) is 33.8 Å². The molecule has 156 valence electrons. The van der Waals surface area contributed by atoms with Crippen LogP contribution in [0.3, 0.4) is 0 Å². The second kappa shape index (κ2) is 7.96. The summed E-state index contributed by atoms with van der Waals surface area (Å²) in [7, 11) is -4.41. The molecule has 0 heterocycles. The number of halogens is 4. The largest absolute Gasteiger partial charge is 0.484 e. The van der Waals surface area contributed by atoms with Gasteiger partial charge in [0.25, 0.3) is 5.91 Å². The third-order valence-electron chi connectivity index (χ3n) is 4.35. The van der Waals surface area contributed by atoms with Crippen molar-refractivity contribution < 1.29 is 31.1 Å². The van der Waals surface area contributed by atoms with Crippen LogP contribution >= 0.6 is 15.9 Å². The number of carbonyl (C=O) groups is 1. The lowest BCUT2D eigenvalue weighted by Crippen LogP contribution is -2.36. The molecule has 6 nitrogen and oxygen atoms in total. The maximum Gasteiger partial charge on any atom is 0.417 e. The van der Waals surface area contributed by atoms with E-state index in [1.54, 1.807) is 18.2 Å². The molecule has 0 radical (unpaired) electrons. The minimum atomic E-state index is -4.82. The number of sulfonamides is 1. The molecule has 3 rings (SSSR count). The molecule has 1 amide bonds. The highest BCUT2D eigenvalue weighted by Crippen LogP contribution is 2.36. The normalized spacial score (nSPS) is 16.5. The molecule has 0 aromatic heterocycles. The van der Waals surface area contributed by atoms with Crippen molar-refractivity contribution in [3.8, 4) is 5.75 Å². The Morgan fingerprint density at radius 2 is 1.86 bits per heavy atom. The van der Waals surface area contributed by atoms with E-state index in [1.165, 1.54) is 6.07 Å². The van der Waals surface area contributed by atoms with Crippen molar-refractivity contribution in [2.24, 2.45) is 5.73 Å². The van der Waals surface area contributed by atoms with Gasteiger partial charge in [-0.3, -0.25) is 4.79 Å². The van der Waals surface area contributed by atoms with Gasteiger partial charge in [0.05, 0.1) is 10.5 Å². The molecule has 3 N–H and O–H groups in total. The summed E-state index contributed by atoms with van der Waals surface area (Å²) in [6.45, 7) is -0.293. The van der Waals surface area contributed by atoms with E-state index in [0.29, 0.717) is 12.2 Å². The van der Waals surface area contributed by atoms with E-state index in [9.17, 15) is 26.4 Å². The molecule has 0 spiro atoms. The summed E-state index contributed by atoms with van der Waals surface area (Å²) in [5.74, 6) is -0.232. The van der Waals surface area contributed by atoms with Crippen molar-refractivity contribution in [3.05, 3.63) is 57.6 Å². The van der Waals surface area contributed by atoms with Crippen LogP contribution in [0.4, 0.5) is 13.2 Å². The van der Waals surface area contributed by atoms with Gasteiger partial charge in [-0.25, -0.2) is 13.1 Å². The highest BCUT2D eigenvalue weighted by Gasteiger charge is 2.38. The monoisotopic (exact) mass is 492 g/mol. The van der Waals surface area contributed by atoms with Crippen molar-refractivity contribution in [2.45, 2.75) is 30.0 Å². The van der Waals surface area contributed by atoms with E-state index >= 15 is 0 Å². The zero-order valence-corrected chi connectivity index (χ0v) is 17.2. The SMILES string of the molecule is NC(=O)COc1ccc2c(c1)CC(NS(=O)(=O)c1ccc(Br)cc1C(F)(F)F)C2. The smallest absolute Gasteiger partial charge is 0.417 e. The molecule has 0 fully saturated rings. The molecule has 1 aliphatic carbocycles. The van der Waals surface area contributed by atoms with Gasteiger partial charge in [-0.15, -0.1) is 0 Å². The van der Waals surface area contributed by atoms with Gasteiger partial charge in [-0.1, -0.05) is 22.0 Å². The fourth-order valence-electron chi connectivity index (χ4n) is 3.16. The van der Waals surface area contributed by atoms with Crippen molar-refractivity contribution in [2.75, 3.05) is 6.61 Å². The van der Waals surface area contributed by atoms with E-state index in [1.807, 2.05) is 0 Å². The van der Waals surface area contributed by atoms with Crippen molar-refractivity contribution in [1.82, 2.24) is 4.72 Å². The number of amides is 1. The third-order valence-corrected chi connectivity index (χ3v) is 6.42. The first-order chi connectivity index (χ1) is 13.5. The molecule has 2 aromatic carbocycles. The number of hydrogen-bond donors (Lipinski definition) is 2. The van der Waals surface area contributed by atoms with Crippen molar-refractivity contribution >= 4 is 31.9 Å². The summed E-state index contributed by atoms with van der Waals surface area (Å²) >= 11 is 2.94. The molecule has 11 heteroatoms. The topological polar surface area (TPSA) is 98.5 Å². The van der Waals surface area contributed by atoms with Gasteiger partial charge < -0.3 is 10.5 Å². The maximum absolute atomic E-state index is 13.3. The molecular weight excluding hydrogens is 477 g/mol. The second-order valence-electron chi connectivity index (χ2n) is 6.55. The standard InChI is InChI=1S/C18H16BrF3N2O4S/c19-12-2-4-16(15(8-12)18(20,21)22)29(26,27)24-13-5-10-1-3-14(7-11(10)6-13)28-9-17(23)25/h1-4,7-8,13,24H,5-6,9H2,(H2,23,25). The average molecular weight is 493 g/mol. The predicted octanol–water partition coefficient (Wildman–Crippen LogP) is 2.78. The van der Waals surface area contributed by atoms with Gasteiger partial charge in [0.1, 0.15) is 5.75 Å². The van der Waals surface area contributed by atoms with Gasteiger partial charge in [-0.05, 0) is 54.3 Å². The van der Waals surface area contributed by atoms with Gasteiger partial charge in [0, 0.05) is 10.5 Å². The van der Waals surface area contributed by atoms with E-state index in [4.69, 9.17) is 10.5 Å². The lowest BCUT2D eigenvalue weighted by atomic mass is 10.1. The number of alkyl halides is 3. The Hall–Kier alpha value is -2.11. The molecule has 1 unspecified atom stereocenters. The van der Waals surface area contributed by atoms with Crippen LogP contribution in [0.2, 0.25) is 0 Å². The third kappa shape index (κ3) is 5.09. The highest BCUT2D eigenvalue weighted by molar-refractivity contribution is 9.10. The molecule has 1 atom stereocenters. The fraction of sp³-hybridized carbons (Fsp3) is 0.278. The number of carbonyl (C=O) groups excluding carboxylic acids is 1. The molecule has 1 aliphatic rings. The number of nitrogens with one attached hydrogen (secondary N) is 1. The van der Waals surface area contributed by atoms with E-state index < -0.39 is 38.6 Å². The molecule has 0 saturated carbocycles. The Balaban J connectivity index is 1.79. The highest BCUT2D eigenvalue weighted by atomic mass is 79.9. The Morgan fingerprint density at radius 1 is 1.17 bits per heavy atom. The number of rotatable bonds is 6. The van der Waals surface area contributed by atoms with Crippen LogP contribution < -0.4 is 15.2 Å². The number of nitrogens with two attached hydrogens (primary N) is 1. The molecular formula is C18H16BrF3N2O4S.